The second-order valence-corrected chi connectivity index (χ2v) is 8.28. The number of benzene rings is 1. The molecule has 182 valence electrons. The predicted octanol–water partition coefficient (Wildman–Crippen LogP) is 3.49. The second-order valence-electron chi connectivity index (χ2n) is 8.28. The van der Waals surface area contributed by atoms with Crippen LogP contribution in [-0.4, -0.2) is 61.5 Å². The van der Waals surface area contributed by atoms with Crippen molar-refractivity contribution in [3.05, 3.63) is 35.4 Å². The Labute approximate surface area is 196 Å². The van der Waals surface area contributed by atoms with E-state index in [1.54, 1.807) is 18.2 Å². The molecule has 0 aromatic heterocycles. The van der Waals surface area contributed by atoms with Gasteiger partial charge in [-0.25, -0.2) is 4.79 Å². The van der Waals surface area contributed by atoms with Gasteiger partial charge in [-0.1, -0.05) is 57.9 Å². The van der Waals surface area contributed by atoms with Crippen LogP contribution in [0.1, 0.15) is 85.4 Å². The van der Waals surface area contributed by atoms with Crippen LogP contribution in [0, 0.1) is 0 Å². The highest BCUT2D eigenvalue weighted by Gasteiger charge is 2.35. The molecule has 0 radical (unpaired) electrons. The van der Waals surface area contributed by atoms with Crippen molar-refractivity contribution in [3.8, 4) is 0 Å². The van der Waals surface area contributed by atoms with Crippen LogP contribution in [-0.2, 0) is 19.1 Å². The molecule has 1 atom stereocenters. The summed E-state index contributed by atoms with van der Waals surface area (Å²) >= 11 is 0. The standard InChI is InChI=1S/C25H36N2O6/c1-3-4-5-6-7-8-9-10-16-33-22(28)18-21-23(29)26-14-15-27(21)24(30)19-12-11-13-20(17-19)25(31)32-2/h11-13,17,21H,3-10,14-16,18H2,1-2H3,(H,26,29). The van der Waals surface area contributed by atoms with Gasteiger partial charge in [0.25, 0.3) is 5.91 Å². The summed E-state index contributed by atoms with van der Waals surface area (Å²) in [6, 6.07) is 5.18. The summed E-state index contributed by atoms with van der Waals surface area (Å²) in [5.41, 5.74) is 0.496. The van der Waals surface area contributed by atoms with E-state index in [1.807, 2.05) is 0 Å². The van der Waals surface area contributed by atoms with E-state index in [0.717, 1.165) is 19.3 Å². The maximum absolute atomic E-state index is 13.1. The van der Waals surface area contributed by atoms with Gasteiger partial charge in [-0.05, 0) is 24.6 Å². The van der Waals surface area contributed by atoms with Crippen LogP contribution in [0.25, 0.3) is 0 Å². The minimum absolute atomic E-state index is 0.203. The Hall–Kier alpha value is -2.90. The third kappa shape index (κ3) is 8.51. The molecule has 1 aromatic rings. The Morgan fingerprint density at radius 1 is 1.03 bits per heavy atom. The minimum Gasteiger partial charge on any atom is -0.466 e. The zero-order chi connectivity index (χ0) is 24.1. The van der Waals surface area contributed by atoms with Gasteiger partial charge in [-0.2, -0.15) is 0 Å². The van der Waals surface area contributed by atoms with E-state index < -0.39 is 23.9 Å². The molecule has 1 saturated heterocycles. The maximum Gasteiger partial charge on any atom is 0.337 e. The number of carbonyl (C=O) groups is 4. The minimum atomic E-state index is -0.945. The number of unbranched alkanes of at least 4 members (excludes halogenated alkanes) is 7. The number of nitrogens with one attached hydrogen (secondary N) is 1. The van der Waals surface area contributed by atoms with Gasteiger partial charge in [0.15, 0.2) is 0 Å². The molecular weight excluding hydrogens is 424 g/mol. The third-order valence-corrected chi connectivity index (χ3v) is 5.74. The molecule has 1 aliphatic heterocycles. The molecule has 1 aliphatic rings. The first-order valence-electron chi connectivity index (χ1n) is 11.9. The van der Waals surface area contributed by atoms with Crippen LogP contribution in [0.3, 0.4) is 0 Å². The SMILES string of the molecule is CCCCCCCCCCOC(=O)CC1C(=O)NCCN1C(=O)c1cccc(C(=O)OC)c1. The summed E-state index contributed by atoms with van der Waals surface area (Å²) in [4.78, 5) is 51.0. The molecule has 1 aromatic carbocycles. The molecule has 0 bridgehead atoms. The number of esters is 2. The molecule has 8 heteroatoms. The normalized spacial score (nSPS) is 15.6. The number of hydrogen-bond acceptors (Lipinski definition) is 6. The number of ether oxygens (including phenoxy) is 2. The van der Waals surface area contributed by atoms with Gasteiger partial charge in [-0.3, -0.25) is 14.4 Å². The number of nitrogens with zero attached hydrogens (tertiary/aromatic N) is 1. The van der Waals surface area contributed by atoms with Gasteiger partial charge >= 0.3 is 11.9 Å². The molecule has 8 nitrogen and oxygen atoms in total. The van der Waals surface area contributed by atoms with E-state index in [2.05, 4.69) is 12.2 Å². The van der Waals surface area contributed by atoms with Gasteiger partial charge in [-0.15, -0.1) is 0 Å². The lowest BCUT2D eigenvalue weighted by Gasteiger charge is -2.34. The van der Waals surface area contributed by atoms with E-state index in [0.29, 0.717) is 13.2 Å². The molecule has 2 amide bonds. The first-order chi connectivity index (χ1) is 16.0. The summed E-state index contributed by atoms with van der Waals surface area (Å²) in [7, 11) is 1.26. The lowest BCUT2D eigenvalue weighted by molar-refractivity contribution is -0.147. The van der Waals surface area contributed by atoms with Gasteiger partial charge in [0, 0.05) is 18.7 Å². The number of amides is 2. The quantitative estimate of drug-likeness (QED) is 0.357. The monoisotopic (exact) mass is 460 g/mol. The van der Waals surface area contributed by atoms with Crippen molar-refractivity contribution in [2.45, 2.75) is 70.8 Å². The van der Waals surface area contributed by atoms with E-state index in [4.69, 9.17) is 9.47 Å². The lowest BCUT2D eigenvalue weighted by Crippen LogP contribution is -2.57. The number of methoxy groups -OCH3 is 1. The van der Waals surface area contributed by atoms with Crippen LogP contribution >= 0.6 is 0 Å². The van der Waals surface area contributed by atoms with Gasteiger partial charge in [0.1, 0.15) is 6.04 Å². The fraction of sp³-hybridized carbons (Fsp3) is 0.600. The summed E-state index contributed by atoms with van der Waals surface area (Å²) in [6.45, 7) is 3.08. The first kappa shape index (κ1) is 26.4. The van der Waals surface area contributed by atoms with Gasteiger partial charge in [0.2, 0.25) is 5.91 Å². The Bertz CT molecular complexity index is 810. The lowest BCUT2D eigenvalue weighted by atomic mass is 10.0. The molecule has 1 fully saturated rings. The number of piperazine rings is 1. The predicted molar refractivity (Wildman–Crippen MR) is 124 cm³/mol. The van der Waals surface area contributed by atoms with Crippen LogP contribution in [0.4, 0.5) is 0 Å². The first-order valence-corrected chi connectivity index (χ1v) is 11.9. The smallest absolute Gasteiger partial charge is 0.337 e. The topological polar surface area (TPSA) is 102 Å². The summed E-state index contributed by atoms with van der Waals surface area (Å²) in [6.07, 6.45) is 8.95. The van der Waals surface area contributed by atoms with Crippen molar-refractivity contribution in [1.29, 1.82) is 0 Å². The molecule has 1 heterocycles. The Morgan fingerprint density at radius 3 is 2.39 bits per heavy atom. The summed E-state index contributed by atoms with van der Waals surface area (Å²) in [5, 5.41) is 2.70. The van der Waals surface area contributed by atoms with E-state index in [9.17, 15) is 19.2 Å². The average Bonchev–Trinajstić information content (AvgIpc) is 2.83. The van der Waals surface area contributed by atoms with Crippen LogP contribution in [0.15, 0.2) is 24.3 Å². The highest BCUT2D eigenvalue weighted by molar-refractivity contribution is 6.01. The Morgan fingerprint density at radius 2 is 1.70 bits per heavy atom. The number of hydrogen-bond donors (Lipinski definition) is 1. The molecule has 1 N–H and O–H groups in total. The molecular formula is C25H36N2O6. The summed E-state index contributed by atoms with van der Waals surface area (Å²) < 4.78 is 10.0. The van der Waals surface area contributed by atoms with Crippen LogP contribution in [0.5, 0.6) is 0 Å². The molecule has 33 heavy (non-hydrogen) atoms. The average molecular weight is 461 g/mol. The van der Waals surface area contributed by atoms with E-state index in [1.165, 1.54) is 50.2 Å². The molecule has 2 rings (SSSR count). The Balaban J connectivity index is 1.85. The van der Waals surface area contributed by atoms with Gasteiger partial charge in [0.05, 0.1) is 25.7 Å². The van der Waals surface area contributed by atoms with Crippen molar-refractivity contribution in [2.75, 3.05) is 26.8 Å². The van der Waals surface area contributed by atoms with Crippen molar-refractivity contribution in [1.82, 2.24) is 10.2 Å². The molecule has 0 aliphatic carbocycles. The van der Waals surface area contributed by atoms with E-state index >= 15 is 0 Å². The van der Waals surface area contributed by atoms with Crippen molar-refractivity contribution in [2.24, 2.45) is 0 Å². The highest BCUT2D eigenvalue weighted by Crippen LogP contribution is 2.17. The van der Waals surface area contributed by atoms with Crippen LogP contribution in [0.2, 0.25) is 0 Å². The molecule has 0 saturated carbocycles. The fourth-order valence-electron chi connectivity index (χ4n) is 3.86. The van der Waals surface area contributed by atoms with E-state index in [-0.39, 0.29) is 30.0 Å². The summed E-state index contributed by atoms with van der Waals surface area (Å²) in [5.74, 6) is -1.86. The number of carbonyl (C=O) groups excluding carboxylic acids is 4. The van der Waals surface area contributed by atoms with Crippen molar-refractivity contribution in [3.63, 3.8) is 0 Å². The van der Waals surface area contributed by atoms with Crippen molar-refractivity contribution >= 4 is 23.8 Å². The van der Waals surface area contributed by atoms with Crippen LogP contribution < -0.4 is 5.32 Å². The maximum atomic E-state index is 13.1. The van der Waals surface area contributed by atoms with Crippen molar-refractivity contribution < 1.29 is 28.7 Å². The highest BCUT2D eigenvalue weighted by atomic mass is 16.5. The molecule has 1 unspecified atom stereocenters. The molecule has 0 spiro atoms. The number of rotatable bonds is 13. The zero-order valence-corrected chi connectivity index (χ0v) is 19.8. The van der Waals surface area contributed by atoms with Gasteiger partial charge < -0.3 is 19.7 Å². The largest absolute Gasteiger partial charge is 0.466 e. The second kappa shape index (κ2) is 14.3. The zero-order valence-electron chi connectivity index (χ0n) is 19.8. The fourth-order valence-corrected chi connectivity index (χ4v) is 3.86. The third-order valence-electron chi connectivity index (χ3n) is 5.74. The Kier molecular flexibility index (Phi) is 11.4.